The smallest absolute Gasteiger partial charge is 0.436 e. The molecule has 300 valence electrons. The van der Waals surface area contributed by atoms with Crippen LogP contribution >= 0.6 is 11.3 Å². The van der Waals surface area contributed by atoms with Crippen LogP contribution in [-0.2, 0) is 49.6 Å². The summed E-state index contributed by atoms with van der Waals surface area (Å²) in [5, 5.41) is 12.1. The van der Waals surface area contributed by atoms with Gasteiger partial charge in [0.05, 0.1) is 6.42 Å². The van der Waals surface area contributed by atoms with E-state index in [9.17, 15) is 33.9 Å². The maximum Gasteiger partial charge on any atom is 0.436 e. The van der Waals surface area contributed by atoms with Crippen LogP contribution < -0.4 is 5.32 Å². The molecule has 0 radical (unpaired) electrons. The van der Waals surface area contributed by atoms with Crippen molar-refractivity contribution in [1.29, 1.82) is 0 Å². The van der Waals surface area contributed by atoms with Crippen LogP contribution in [0.4, 0.5) is 14.4 Å². The zero-order chi connectivity index (χ0) is 41.6. The minimum Gasteiger partial charge on any atom is -0.481 e. The van der Waals surface area contributed by atoms with E-state index in [1.54, 1.807) is 67.2 Å². The van der Waals surface area contributed by atoms with Crippen molar-refractivity contribution in [2.24, 2.45) is 4.99 Å². The number of benzene rings is 2. The van der Waals surface area contributed by atoms with Gasteiger partial charge in [-0.05, 0) is 98.1 Å². The number of rotatable bonds is 8. The molecule has 3 aromatic rings. The summed E-state index contributed by atoms with van der Waals surface area (Å²) in [5.41, 5.74) is -1.14. The standard InChI is InChI=1S/C41H50N4O10S/c1-39(2,3)53-36(50)43-33(45(37(51)54-40(4,5)6)38(52)55-41(7,8)9)26-15-17-27(18-16-26)34(48)42-30(21-25-13-11-10-12-14-25)35(49)44-20-19-31-28(24-44)22-29(56-31)23-32(46)47/h10-18,22,30H,19-21,23-24H2,1-9H3,(H,42,48)(H,46,47)/t30-/m0/s1. The maximum absolute atomic E-state index is 14.1. The quantitative estimate of drug-likeness (QED) is 0.135. The van der Waals surface area contributed by atoms with Crippen LogP contribution in [0.2, 0.25) is 0 Å². The lowest BCUT2D eigenvalue weighted by atomic mass is 10.0. The number of imide groups is 1. The lowest BCUT2D eigenvalue weighted by Gasteiger charge is -2.31. The fraction of sp³-hybridized carbons (Fsp3) is 0.439. The van der Waals surface area contributed by atoms with Gasteiger partial charge in [-0.3, -0.25) is 14.4 Å². The van der Waals surface area contributed by atoms with E-state index in [0.717, 1.165) is 16.0 Å². The molecular weight excluding hydrogens is 741 g/mol. The first-order chi connectivity index (χ1) is 26.0. The molecule has 0 aliphatic carbocycles. The molecule has 56 heavy (non-hydrogen) atoms. The predicted molar refractivity (Wildman–Crippen MR) is 210 cm³/mol. The Hall–Kier alpha value is -5.57. The van der Waals surface area contributed by atoms with Crippen LogP contribution in [0.5, 0.6) is 0 Å². The molecule has 0 spiro atoms. The highest BCUT2D eigenvalue weighted by molar-refractivity contribution is 7.12. The van der Waals surface area contributed by atoms with Crippen molar-refractivity contribution in [3.63, 3.8) is 0 Å². The summed E-state index contributed by atoms with van der Waals surface area (Å²) < 4.78 is 16.4. The Morgan fingerprint density at radius 1 is 0.821 bits per heavy atom. The number of fused-ring (bicyclic) bond motifs is 1. The van der Waals surface area contributed by atoms with Crippen LogP contribution in [0.25, 0.3) is 0 Å². The van der Waals surface area contributed by atoms with E-state index >= 15 is 0 Å². The van der Waals surface area contributed by atoms with Crippen LogP contribution in [0.15, 0.2) is 65.7 Å². The Kier molecular flexibility index (Phi) is 13.5. The number of carbonyl (C=O) groups excluding carboxylic acids is 5. The summed E-state index contributed by atoms with van der Waals surface area (Å²) in [6.07, 6.45) is -2.75. The van der Waals surface area contributed by atoms with Gasteiger partial charge in [-0.1, -0.05) is 42.5 Å². The number of nitrogens with zero attached hydrogens (tertiary/aromatic N) is 3. The largest absolute Gasteiger partial charge is 0.481 e. The van der Waals surface area contributed by atoms with Crippen molar-refractivity contribution < 1.29 is 48.1 Å². The lowest BCUT2D eigenvalue weighted by Crippen LogP contribution is -2.50. The fourth-order valence-corrected chi connectivity index (χ4v) is 6.74. The number of hydrogen-bond acceptors (Lipinski definition) is 10. The van der Waals surface area contributed by atoms with Crippen LogP contribution in [0.3, 0.4) is 0 Å². The Balaban J connectivity index is 1.66. The fourth-order valence-electron chi connectivity index (χ4n) is 5.58. The van der Waals surface area contributed by atoms with Crippen LogP contribution in [-0.4, -0.2) is 86.2 Å². The molecule has 1 aromatic heterocycles. The lowest BCUT2D eigenvalue weighted by molar-refractivity contribution is -0.136. The first kappa shape index (κ1) is 43.2. The van der Waals surface area contributed by atoms with Crippen LogP contribution in [0, 0.1) is 0 Å². The van der Waals surface area contributed by atoms with E-state index in [2.05, 4.69) is 10.3 Å². The third-order valence-electron chi connectivity index (χ3n) is 7.80. The molecule has 4 rings (SSSR count). The third kappa shape index (κ3) is 12.8. The minimum absolute atomic E-state index is 0.0724. The van der Waals surface area contributed by atoms with Gasteiger partial charge in [0.1, 0.15) is 22.8 Å². The SMILES string of the molecule is CC(C)(C)OC(=O)N=C(c1ccc(C(=O)N[C@@H](Cc2ccccc2)C(=O)N2CCc3sc(CC(=O)O)cc3C2)cc1)N(C(=O)OC(C)(C)C)C(=O)OC(C)(C)C. The molecule has 1 atom stereocenters. The topological polar surface area (TPSA) is 181 Å². The highest BCUT2D eigenvalue weighted by Crippen LogP contribution is 2.29. The summed E-state index contributed by atoms with van der Waals surface area (Å²) >= 11 is 1.44. The molecule has 0 unspecified atom stereocenters. The monoisotopic (exact) mass is 790 g/mol. The number of nitrogens with one attached hydrogen (secondary N) is 1. The van der Waals surface area contributed by atoms with Gasteiger partial charge in [-0.15, -0.1) is 11.3 Å². The van der Waals surface area contributed by atoms with Crippen molar-refractivity contribution in [2.45, 2.75) is 111 Å². The number of amidine groups is 1. The predicted octanol–water partition coefficient (Wildman–Crippen LogP) is 7.16. The first-order valence-corrected chi connectivity index (χ1v) is 18.9. The highest BCUT2D eigenvalue weighted by atomic mass is 32.1. The van der Waals surface area contributed by atoms with Gasteiger partial charge >= 0.3 is 24.2 Å². The number of thiophene rings is 1. The van der Waals surface area contributed by atoms with Gasteiger partial charge in [-0.25, -0.2) is 14.4 Å². The maximum atomic E-state index is 14.1. The summed E-state index contributed by atoms with van der Waals surface area (Å²) in [7, 11) is 0. The van der Waals surface area contributed by atoms with Crippen molar-refractivity contribution in [2.75, 3.05) is 6.54 Å². The zero-order valence-electron chi connectivity index (χ0n) is 33.3. The molecule has 0 saturated heterocycles. The molecule has 2 aromatic carbocycles. The molecule has 0 fully saturated rings. The average Bonchev–Trinajstić information content (AvgIpc) is 3.46. The van der Waals surface area contributed by atoms with E-state index in [1.165, 1.54) is 35.6 Å². The van der Waals surface area contributed by atoms with Gasteiger partial charge in [0.15, 0.2) is 5.84 Å². The second-order valence-electron chi connectivity index (χ2n) is 16.2. The summed E-state index contributed by atoms with van der Waals surface area (Å²) in [5.74, 6) is -2.27. The molecule has 0 bridgehead atoms. The normalized spacial score (nSPS) is 13.9. The number of aliphatic carboxylic acids is 1. The number of amides is 5. The van der Waals surface area contributed by atoms with Gasteiger partial charge in [-0.2, -0.15) is 9.89 Å². The Labute approximate surface area is 330 Å². The van der Waals surface area contributed by atoms with E-state index in [4.69, 9.17) is 14.2 Å². The number of ether oxygens (including phenoxy) is 3. The van der Waals surface area contributed by atoms with Gasteiger partial charge in [0.2, 0.25) is 5.91 Å². The first-order valence-electron chi connectivity index (χ1n) is 18.1. The minimum atomic E-state index is -1.16. The Morgan fingerprint density at radius 3 is 1.91 bits per heavy atom. The number of carboxylic acid groups (broad SMARTS) is 1. The van der Waals surface area contributed by atoms with Gasteiger partial charge in [0, 0.05) is 40.4 Å². The van der Waals surface area contributed by atoms with Crippen molar-refractivity contribution in [3.8, 4) is 0 Å². The number of hydrogen-bond donors (Lipinski definition) is 2. The molecule has 0 saturated carbocycles. The second kappa shape index (κ2) is 17.5. The molecule has 2 N–H and O–H groups in total. The number of carboxylic acids is 1. The molecule has 15 heteroatoms. The van der Waals surface area contributed by atoms with E-state index in [-0.39, 0.29) is 36.4 Å². The molecule has 5 amide bonds. The van der Waals surface area contributed by atoms with Crippen molar-refractivity contribution >= 4 is 53.2 Å². The molecule has 1 aliphatic heterocycles. The number of aliphatic imine (C=N–C) groups is 1. The highest BCUT2D eigenvalue weighted by Gasteiger charge is 2.37. The summed E-state index contributed by atoms with van der Waals surface area (Å²) in [4.78, 5) is 87.3. The summed E-state index contributed by atoms with van der Waals surface area (Å²) in [6, 6.07) is 15.7. The molecule has 2 heterocycles. The van der Waals surface area contributed by atoms with E-state index in [1.807, 2.05) is 36.4 Å². The van der Waals surface area contributed by atoms with Crippen molar-refractivity contribution in [1.82, 2.24) is 15.1 Å². The van der Waals surface area contributed by atoms with Crippen LogP contribution in [0.1, 0.15) is 99.1 Å². The zero-order valence-corrected chi connectivity index (χ0v) is 34.1. The van der Waals surface area contributed by atoms with Gasteiger partial charge in [0.25, 0.3) is 5.91 Å². The summed E-state index contributed by atoms with van der Waals surface area (Å²) in [6.45, 7) is 15.2. The van der Waals surface area contributed by atoms with Crippen molar-refractivity contribution in [3.05, 3.63) is 92.7 Å². The third-order valence-corrected chi connectivity index (χ3v) is 9.04. The van der Waals surface area contributed by atoms with E-state index < -0.39 is 58.8 Å². The Bertz CT molecular complexity index is 1940. The van der Waals surface area contributed by atoms with E-state index in [0.29, 0.717) is 22.7 Å². The second-order valence-corrected chi connectivity index (χ2v) is 17.5. The molecule has 14 nitrogen and oxygen atoms in total. The Morgan fingerprint density at radius 2 is 1.38 bits per heavy atom. The molecule has 1 aliphatic rings. The average molecular weight is 791 g/mol. The van der Waals surface area contributed by atoms with Gasteiger partial charge < -0.3 is 29.5 Å². The number of carbonyl (C=O) groups is 6. The molecular formula is C41H50N4O10S.